The molecule has 2 heterocycles. The molecule has 1 aromatic rings. The second kappa shape index (κ2) is 9.03. The van der Waals surface area contributed by atoms with Gasteiger partial charge < -0.3 is 24.4 Å². The number of carbonyl (C=O) groups excluding carboxylic acids is 2. The molecule has 0 radical (unpaired) electrons. The number of likely N-dealkylation sites (tertiary alicyclic amines) is 2. The molecule has 1 N–H and O–H groups in total. The van der Waals surface area contributed by atoms with Gasteiger partial charge in [-0.25, -0.2) is 9.59 Å². The fraction of sp³-hybridized carbons (Fsp3) is 0.636. The standard InChI is InChI=1S/C22H32N2O5/c1-22(2,3)29-21(27)24-14-18(25)13-19(24)17-9-11-23(12-10-17)20(26)28-15-16-7-5-4-6-8-16/h4-8,17-19,25H,9-15H2,1-3H3/t18-,19?/m1/s1. The first-order valence-electron chi connectivity index (χ1n) is 10.4. The molecule has 0 saturated carbocycles. The Hall–Kier alpha value is -2.28. The topological polar surface area (TPSA) is 79.3 Å². The van der Waals surface area contributed by atoms with Crippen molar-refractivity contribution in [1.82, 2.24) is 9.80 Å². The maximum Gasteiger partial charge on any atom is 0.410 e. The summed E-state index contributed by atoms with van der Waals surface area (Å²) in [5, 5.41) is 10.1. The number of ether oxygens (including phenoxy) is 2. The second-order valence-corrected chi connectivity index (χ2v) is 8.95. The highest BCUT2D eigenvalue weighted by Crippen LogP contribution is 2.32. The number of aliphatic hydroxyl groups is 1. The summed E-state index contributed by atoms with van der Waals surface area (Å²) in [4.78, 5) is 28.3. The summed E-state index contributed by atoms with van der Waals surface area (Å²) in [6, 6.07) is 9.56. The SMILES string of the molecule is CC(C)(C)OC(=O)N1C[C@H](O)CC1C1CCN(C(=O)OCc2ccccc2)CC1. The van der Waals surface area contributed by atoms with E-state index in [1.165, 1.54) is 0 Å². The van der Waals surface area contributed by atoms with E-state index >= 15 is 0 Å². The predicted molar refractivity (Wildman–Crippen MR) is 108 cm³/mol. The van der Waals surface area contributed by atoms with Gasteiger partial charge in [0.15, 0.2) is 0 Å². The van der Waals surface area contributed by atoms with Gasteiger partial charge >= 0.3 is 12.2 Å². The van der Waals surface area contributed by atoms with Gasteiger partial charge in [0.05, 0.1) is 12.6 Å². The van der Waals surface area contributed by atoms with Crippen molar-refractivity contribution < 1.29 is 24.2 Å². The van der Waals surface area contributed by atoms with Crippen molar-refractivity contribution in [3.8, 4) is 0 Å². The van der Waals surface area contributed by atoms with Gasteiger partial charge in [-0.1, -0.05) is 30.3 Å². The van der Waals surface area contributed by atoms with Crippen molar-refractivity contribution in [1.29, 1.82) is 0 Å². The monoisotopic (exact) mass is 404 g/mol. The van der Waals surface area contributed by atoms with Gasteiger partial charge in [-0.3, -0.25) is 0 Å². The fourth-order valence-electron chi connectivity index (χ4n) is 4.10. The van der Waals surface area contributed by atoms with E-state index in [4.69, 9.17) is 9.47 Å². The number of hydrogen-bond donors (Lipinski definition) is 1. The molecule has 7 heteroatoms. The molecular weight excluding hydrogens is 372 g/mol. The predicted octanol–water partition coefficient (Wildman–Crippen LogP) is 3.41. The van der Waals surface area contributed by atoms with E-state index in [9.17, 15) is 14.7 Å². The van der Waals surface area contributed by atoms with Crippen LogP contribution in [0, 0.1) is 5.92 Å². The van der Waals surface area contributed by atoms with Crippen LogP contribution in [0.2, 0.25) is 0 Å². The number of benzene rings is 1. The molecule has 3 rings (SSSR count). The van der Waals surface area contributed by atoms with Gasteiger partial charge in [-0.2, -0.15) is 0 Å². The van der Waals surface area contributed by atoms with Crippen molar-refractivity contribution in [2.75, 3.05) is 19.6 Å². The number of piperidine rings is 1. The second-order valence-electron chi connectivity index (χ2n) is 8.95. The zero-order valence-electron chi connectivity index (χ0n) is 17.5. The Morgan fingerprint density at radius 2 is 1.76 bits per heavy atom. The lowest BCUT2D eigenvalue weighted by Crippen LogP contribution is -2.47. The van der Waals surface area contributed by atoms with Crippen LogP contribution >= 0.6 is 0 Å². The first kappa shape index (κ1) is 21.4. The molecule has 29 heavy (non-hydrogen) atoms. The van der Waals surface area contributed by atoms with Crippen LogP contribution < -0.4 is 0 Å². The minimum absolute atomic E-state index is 0.0534. The first-order valence-corrected chi connectivity index (χ1v) is 10.4. The lowest BCUT2D eigenvalue weighted by atomic mass is 9.88. The zero-order valence-corrected chi connectivity index (χ0v) is 17.5. The third-order valence-electron chi connectivity index (χ3n) is 5.50. The molecule has 0 aliphatic carbocycles. The molecule has 2 atom stereocenters. The molecule has 2 saturated heterocycles. The number of nitrogens with zero attached hydrogens (tertiary/aromatic N) is 2. The van der Waals surface area contributed by atoms with Crippen LogP contribution in [-0.2, 0) is 16.1 Å². The molecule has 0 aromatic heterocycles. The highest BCUT2D eigenvalue weighted by atomic mass is 16.6. The van der Waals surface area contributed by atoms with Crippen molar-refractivity contribution >= 4 is 12.2 Å². The lowest BCUT2D eigenvalue weighted by Gasteiger charge is -2.37. The normalized spacial score (nSPS) is 23.2. The molecular formula is C22H32N2O5. The van der Waals surface area contributed by atoms with Crippen LogP contribution in [0.1, 0.15) is 45.6 Å². The average Bonchev–Trinajstić information content (AvgIpc) is 3.08. The van der Waals surface area contributed by atoms with E-state index < -0.39 is 11.7 Å². The van der Waals surface area contributed by atoms with Crippen molar-refractivity contribution in [3.63, 3.8) is 0 Å². The van der Waals surface area contributed by atoms with Crippen LogP contribution in [0.5, 0.6) is 0 Å². The Morgan fingerprint density at radius 1 is 1.10 bits per heavy atom. The molecule has 2 aliphatic rings. The largest absolute Gasteiger partial charge is 0.445 e. The molecule has 0 bridgehead atoms. The van der Waals surface area contributed by atoms with Gasteiger partial charge in [-0.05, 0) is 51.5 Å². The summed E-state index contributed by atoms with van der Waals surface area (Å²) in [6.07, 6.45) is 0.907. The highest BCUT2D eigenvalue weighted by molar-refractivity contribution is 5.69. The van der Waals surface area contributed by atoms with Gasteiger partial charge in [-0.15, -0.1) is 0 Å². The molecule has 2 aliphatic heterocycles. The van der Waals surface area contributed by atoms with Crippen LogP contribution in [0.3, 0.4) is 0 Å². The molecule has 1 unspecified atom stereocenters. The highest BCUT2D eigenvalue weighted by Gasteiger charge is 2.42. The number of β-amino-alcohol motifs (C(OH)–C–C–N with tert-alkyl or cyclic N) is 1. The fourth-order valence-corrected chi connectivity index (χ4v) is 4.10. The minimum atomic E-state index is -0.568. The molecule has 160 valence electrons. The first-order chi connectivity index (χ1) is 13.7. The van der Waals surface area contributed by atoms with Gasteiger partial charge in [0.1, 0.15) is 12.2 Å². The van der Waals surface area contributed by atoms with Crippen LogP contribution in [0.25, 0.3) is 0 Å². The smallest absolute Gasteiger partial charge is 0.410 e. The summed E-state index contributed by atoms with van der Waals surface area (Å²) in [7, 11) is 0. The van der Waals surface area contributed by atoms with Crippen LogP contribution in [-0.4, -0.2) is 64.5 Å². The third-order valence-corrected chi connectivity index (χ3v) is 5.50. The third kappa shape index (κ3) is 5.85. The van der Waals surface area contributed by atoms with Gasteiger partial charge in [0, 0.05) is 19.1 Å². The van der Waals surface area contributed by atoms with E-state index in [2.05, 4.69) is 0 Å². The molecule has 2 fully saturated rings. The maximum absolute atomic E-state index is 12.6. The Morgan fingerprint density at radius 3 is 2.38 bits per heavy atom. The van der Waals surface area contributed by atoms with E-state index in [1.54, 1.807) is 9.80 Å². The Labute approximate surface area is 172 Å². The van der Waals surface area contributed by atoms with E-state index in [-0.39, 0.29) is 30.8 Å². The number of hydrogen-bond acceptors (Lipinski definition) is 5. The summed E-state index contributed by atoms with van der Waals surface area (Å²) in [5.74, 6) is 0.234. The number of aliphatic hydroxyl groups excluding tert-OH is 1. The number of rotatable bonds is 3. The molecule has 1 aromatic carbocycles. The lowest BCUT2D eigenvalue weighted by molar-refractivity contribution is 0.0117. The summed E-state index contributed by atoms with van der Waals surface area (Å²) in [5.41, 5.74) is 0.393. The number of amides is 2. The van der Waals surface area contributed by atoms with Crippen molar-refractivity contribution in [2.45, 2.75) is 64.4 Å². The van der Waals surface area contributed by atoms with Crippen LogP contribution in [0.4, 0.5) is 9.59 Å². The Bertz CT molecular complexity index is 695. The van der Waals surface area contributed by atoms with Gasteiger partial charge in [0.25, 0.3) is 0 Å². The van der Waals surface area contributed by atoms with E-state index in [0.29, 0.717) is 26.1 Å². The van der Waals surface area contributed by atoms with E-state index in [0.717, 1.165) is 18.4 Å². The summed E-state index contributed by atoms with van der Waals surface area (Å²) in [6.45, 7) is 7.27. The van der Waals surface area contributed by atoms with Gasteiger partial charge in [0.2, 0.25) is 0 Å². The molecule has 0 spiro atoms. The van der Waals surface area contributed by atoms with Crippen molar-refractivity contribution in [2.24, 2.45) is 5.92 Å². The Kier molecular flexibility index (Phi) is 6.67. The summed E-state index contributed by atoms with van der Waals surface area (Å²) < 4.78 is 10.9. The maximum atomic E-state index is 12.6. The van der Waals surface area contributed by atoms with E-state index in [1.807, 2.05) is 51.1 Å². The van der Waals surface area contributed by atoms with Crippen molar-refractivity contribution in [3.05, 3.63) is 35.9 Å². The minimum Gasteiger partial charge on any atom is -0.445 e. The Balaban J connectivity index is 1.51. The quantitative estimate of drug-likeness (QED) is 0.835. The molecule has 2 amide bonds. The average molecular weight is 405 g/mol. The zero-order chi connectivity index (χ0) is 21.0. The summed E-state index contributed by atoms with van der Waals surface area (Å²) >= 11 is 0. The number of carbonyl (C=O) groups is 2. The molecule has 7 nitrogen and oxygen atoms in total. The van der Waals surface area contributed by atoms with Crippen LogP contribution in [0.15, 0.2) is 30.3 Å².